The number of benzene rings is 1. The second kappa shape index (κ2) is 7.46. The highest BCUT2D eigenvalue weighted by molar-refractivity contribution is 5.95. The van der Waals surface area contributed by atoms with Crippen molar-refractivity contribution in [3.8, 4) is 17.2 Å². The molecule has 0 saturated carbocycles. The van der Waals surface area contributed by atoms with Gasteiger partial charge in [-0.2, -0.15) is 5.10 Å². The Bertz CT molecular complexity index is 705. The SMILES string of the molecule is COc1cc(C(=O)N2CCC[C@H](c3ccn[nH]3)C2)cc(OC)c1OC. The van der Waals surface area contributed by atoms with Gasteiger partial charge in [0.2, 0.25) is 5.75 Å². The Kier molecular flexibility index (Phi) is 5.11. The topological polar surface area (TPSA) is 76.7 Å². The number of likely N-dealkylation sites (tertiary alicyclic amines) is 1. The lowest BCUT2D eigenvalue weighted by Crippen LogP contribution is -2.39. The minimum Gasteiger partial charge on any atom is -0.493 e. The van der Waals surface area contributed by atoms with Crippen LogP contribution in [0.25, 0.3) is 0 Å². The molecule has 3 rings (SSSR count). The van der Waals surface area contributed by atoms with Crippen LogP contribution in [-0.4, -0.2) is 55.4 Å². The highest BCUT2D eigenvalue weighted by Gasteiger charge is 2.27. The van der Waals surface area contributed by atoms with Crippen LogP contribution in [0.1, 0.15) is 34.8 Å². The van der Waals surface area contributed by atoms with Crippen LogP contribution in [0.4, 0.5) is 0 Å². The number of nitrogens with zero attached hydrogens (tertiary/aromatic N) is 2. The van der Waals surface area contributed by atoms with E-state index in [1.165, 1.54) is 0 Å². The van der Waals surface area contributed by atoms with Crippen molar-refractivity contribution in [1.82, 2.24) is 15.1 Å². The Hall–Kier alpha value is -2.70. The van der Waals surface area contributed by atoms with Gasteiger partial charge in [0.05, 0.1) is 21.3 Å². The Labute approximate surface area is 146 Å². The van der Waals surface area contributed by atoms with Crippen molar-refractivity contribution >= 4 is 5.91 Å². The predicted octanol–water partition coefficient (Wildman–Crippen LogP) is 2.46. The number of amides is 1. The summed E-state index contributed by atoms with van der Waals surface area (Å²) in [5, 5.41) is 7.03. The summed E-state index contributed by atoms with van der Waals surface area (Å²) in [6, 6.07) is 5.37. The zero-order chi connectivity index (χ0) is 17.8. The molecule has 1 saturated heterocycles. The average Bonchev–Trinajstić information content (AvgIpc) is 3.21. The third-order valence-electron chi connectivity index (χ3n) is 4.58. The van der Waals surface area contributed by atoms with Crippen molar-refractivity contribution in [2.24, 2.45) is 0 Å². The summed E-state index contributed by atoms with van der Waals surface area (Å²) in [6.45, 7) is 1.40. The first kappa shape index (κ1) is 17.1. The molecule has 1 fully saturated rings. The summed E-state index contributed by atoms with van der Waals surface area (Å²) in [5.41, 5.74) is 1.60. The summed E-state index contributed by atoms with van der Waals surface area (Å²) >= 11 is 0. The number of H-pyrrole nitrogens is 1. The lowest BCUT2D eigenvalue weighted by molar-refractivity contribution is 0.0705. The molecule has 1 atom stereocenters. The molecule has 0 unspecified atom stereocenters. The maximum absolute atomic E-state index is 13.0. The molecule has 0 aliphatic carbocycles. The summed E-state index contributed by atoms with van der Waals surface area (Å²) in [7, 11) is 4.63. The van der Waals surface area contributed by atoms with E-state index >= 15 is 0 Å². The van der Waals surface area contributed by atoms with Gasteiger partial charge in [-0.25, -0.2) is 0 Å². The fraction of sp³-hybridized carbons (Fsp3) is 0.444. The van der Waals surface area contributed by atoms with Gasteiger partial charge < -0.3 is 19.1 Å². The highest BCUT2D eigenvalue weighted by atomic mass is 16.5. The molecule has 0 bridgehead atoms. The molecule has 7 nitrogen and oxygen atoms in total. The van der Waals surface area contributed by atoms with E-state index in [1.807, 2.05) is 11.0 Å². The second-order valence-electron chi connectivity index (χ2n) is 6.02. The van der Waals surface area contributed by atoms with Gasteiger partial charge in [0.15, 0.2) is 11.5 Å². The number of hydrogen-bond acceptors (Lipinski definition) is 5. The molecule has 0 spiro atoms. The van der Waals surface area contributed by atoms with E-state index in [0.717, 1.165) is 25.1 Å². The van der Waals surface area contributed by atoms with Gasteiger partial charge in [-0.1, -0.05) is 0 Å². The number of piperidine rings is 1. The minimum absolute atomic E-state index is 0.0385. The van der Waals surface area contributed by atoms with Crippen molar-refractivity contribution in [2.75, 3.05) is 34.4 Å². The van der Waals surface area contributed by atoms with E-state index in [1.54, 1.807) is 39.7 Å². The van der Waals surface area contributed by atoms with Gasteiger partial charge in [-0.05, 0) is 31.0 Å². The third-order valence-corrected chi connectivity index (χ3v) is 4.58. The fourth-order valence-corrected chi connectivity index (χ4v) is 3.30. The third kappa shape index (κ3) is 3.40. The quantitative estimate of drug-likeness (QED) is 0.901. The van der Waals surface area contributed by atoms with Gasteiger partial charge in [0.25, 0.3) is 5.91 Å². The number of ether oxygens (including phenoxy) is 3. The van der Waals surface area contributed by atoms with Crippen molar-refractivity contribution in [2.45, 2.75) is 18.8 Å². The molecule has 2 aromatic rings. The van der Waals surface area contributed by atoms with Crippen LogP contribution in [0, 0.1) is 0 Å². The molecule has 7 heteroatoms. The van der Waals surface area contributed by atoms with Gasteiger partial charge in [0, 0.05) is 36.5 Å². The maximum Gasteiger partial charge on any atom is 0.254 e. The molecular formula is C18H23N3O4. The number of methoxy groups -OCH3 is 3. The number of hydrogen-bond donors (Lipinski definition) is 1. The lowest BCUT2D eigenvalue weighted by Gasteiger charge is -2.32. The first-order valence-corrected chi connectivity index (χ1v) is 8.26. The number of aromatic amines is 1. The first-order chi connectivity index (χ1) is 12.2. The number of aromatic nitrogens is 2. The number of nitrogens with one attached hydrogen (secondary N) is 1. The maximum atomic E-state index is 13.0. The van der Waals surface area contributed by atoms with Gasteiger partial charge in [-0.15, -0.1) is 0 Å². The van der Waals surface area contributed by atoms with Crippen LogP contribution in [0.3, 0.4) is 0 Å². The van der Waals surface area contributed by atoms with E-state index in [0.29, 0.717) is 29.4 Å². The van der Waals surface area contributed by atoms with E-state index in [2.05, 4.69) is 10.2 Å². The van der Waals surface area contributed by atoms with Crippen molar-refractivity contribution in [1.29, 1.82) is 0 Å². The Morgan fingerprint density at radius 2 is 1.92 bits per heavy atom. The Balaban J connectivity index is 1.85. The Morgan fingerprint density at radius 1 is 1.20 bits per heavy atom. The molecule has 134 valence electrons. The van der Waals surface area contributed by atoms with Crippen LogP contribution < -0.4 is 14.2 Å². The van der Waals surface area contributed by atoms with E-state index in [9.17, 15) is 4.79 Å². The van der Waals surface area contributed by atoms with Crippen LogP contribution >= 0.6 is 0 Å². The highest BCUT2D eigenvalue weighted by Crippen LogP contribution is 2.38. The van der Waals surface area contributed by atoms with E-state index in [4.69, 9.17) is 14.2 Å². The van der Waals surface area contributed by atoms with Crippen LogP contribution in [0.15, 0.2) is 24.4 Å². The summed E-state index contributed by atoms with van der Waals surface area (Å²) in [5.74, 6) is 1.68. The zero-order valence-corrected chi connectivity index (χ0v) is 14.7. The molecular weight excluding hydrogens is 322 g/mol. The Morgan fingerprint density at radius 3 is 2.48 bits per heavy atom. The zero-order valence-electron chi connectivity index (χ0n) is 14.7. The second-order valence-corrected chi connectivity index (χ2v) is 6.02. The molecule has 1 aliphatic rings. The monoisotopic (exact) mass is 345 g/mol. The smallest absolute Gasteiger partial charge is 0.254 e. The molecule has 25 heavy (non-hydrogen) atoms. The predicted molar refractivity (Wildman–Crippen MR) is 92.6 cm³/mol. The minimum atomic E-state index is -0.0385. The van der Waals surface area contributed by atoms with Crippen LogP contribution in [-0.2, 0) is 0 Å². The largest absolute Gasteiger partial charge is 0.493 e. The van der Waals surface area contributed by atoms with Crippen molar-refractivity contribution in [3.05, 3.63) is 35.7 Å². The lowest BCUT2D eigenvalue weighted by atomic mass is 9.94. The van der Waals surface area contributed by atoms with Gasteiger partial charge in [0.1, 0.15) is 0 Å². The van der Waals surface area contributed by atoms with Crippen molar-refractivity contribution < 1.29 is 19.0 Å². The van der Waals surface area contributed by atoms with Crippen molar-refractivity contribution in [3.63, 3.8) is 0 Å². The number of carbonyl (C=O) groups excluding carboxylic acids is 1. The average molecular weight is 345 g/mol. The standard InChI is InChI=1S/C18H23N3O4/c1-23-15-9-13(10-16(24-2)17(15)25-3)18(22)21-8-4-5-12(11-21)14-6-7-19-20-14/h6-7,9-10,12H,4-5,8,11H2,1-3H3,(H,19,20)/t12-/m0/s1. The fourth-order valence-electron chi connectivity index (χ4n) is 3.30. The summed E-state index contributed by atoms with van der Waals surface area (Å²) in [4.78, 5) is 14.9. The summed E-state index contributed by atoms with van der Waals surface area (Å²) < 4.78 is 16.0. The van der Waals surface area contributed by atoms with Crippen LogP contribution in [0.2, 0.25) is 0 Å². The summed E-state index contributed by atoms with van der Waals surface area (Å²) in [6.07, 6.45) is 3.75. The van der Waals surface area contributed by atoms with E-state index in [-0.39, 0.29) is 11.8 Å². The molecule has 1 N–H and O–H groups in total. The molecule has 1 aliphatic heterocycles. The molecule has 1 amide bonds. The van der Waals surface area contributed by atoms with Crippen LogP contribution in [0.5, 0.6) is 17.2 Å². The van der Waals surface area contributed by atoms with Gasteiger partial charge in [-0.3, -0.25) is 9.89 Å². The molecule has 2 heterocycles. The molecule has 1 aromatic carbocycles. The normalized spacial score (nSPS) is 17.2. The number of rotatable bonds is 5. The van der Waals surface area contributed by atoms with E-state index < -0.39 is 0 Å². The molecule has 0 radical (unpaired) electrons. The molecule has 1 aromatic heterocycles. The number of carbonyl (C=O) groups is 1. The van der Waals surface area contributed by atoms with Gasteiger partial charge >= 0.3 is 0 Å². The first-order valence-electron chi connectivity index (χ1n) is 8.26.